The van der Waals surface area contributed by atoms with Crippen LogP contribution in [0.2, 0.25) is 0 Å². The summed E-state index contributed by atoms with van der Waals surface area (Å²) in [5, 5.41) is 8.88. The quantitative estimate of drug-likeness (QED) is 0.718. The summed E-state index contributed by atoms with van der Waals surface area (Å²) in [7, 11) is 0. The molecule has 72 valence electrons. The number of nitrogens with zero attached hydrogens (tertiary/aromatic N) is 1. The zero-order chi connectivity index (χ0) is 9.90. The van der Waals surface area contributed by atoms with Crippen molar-refractivity contribution in [2.75, 3.05) is 6.61 Å². The molecule has 1 aromatic heterocycles. The predicted octanol–water partition coefficient (Wildman–Crippen LogP) is 0.473. The molecular weight excluding hydrogens is 171 g/mol. The van der Waals surface area contributed by atoms with Crippen molar-refractivity contribution >= 4 is 0 Å². The van der Waals surface area contributed by atoms with Crippen LogP contribution in [0.1, 0.15) is 12.6 Å². The first-order valence-electron chi connectivity index (χ1n) is 4.04. The minimum absolute atomic E-state index is 0.148. The normalized spacial score (nSPS) is 15.4. The highest BCUT2D eigenvalue weighted by Crippen LogP contribution is 2.08. The van der Waals surface area contributed by atoms with Gasteiger partial charge in [-0.1, -0.05) is 0 Å². The Bertz CT molecular complexity index is 289. The highest BCUT2D eigenvalue weighted by atomic mass is 19.1. The van der Waals surface area contributed by atoms with Crippen LogP contribution < -0.4 is 5.73 Å². The summed E-state index contributed by atoms with van der Waals surface area (Å²) in [6, 6.07) is 2.59. The number of nitrogens with two attached hydrogens (primary N) is 1. The van der Waals surface area contributed by atoms with Gasteiger partial charge in [0.1, 0.15) is 5.82 Å². The molecule has 0 aliphatic heterocycles. The smallest absolute Gasteiger partial charge is 0.126 e. The number of rotatable bonds is 3. The summed E-state index contributed by atoms with van der Waals surface area (Å²) in [5.74, 6) is -0.335. The molecule has 3 N–H and O–H groups in total. The second-order valence-corrected chi connectivity index (χ2v) is 3.45. The van der Waals surface area contributed by atoms with Crippen molar-refractivity contribution < 1.29 is 9.50 Å². The fourth-order valence-electron chi connectivity index (χ4n) is 1.02. The fourth-order valence-corrected chi connectivity index (χ4v) is 1.02. The Balaban J connectivity index is 2.74. The molecule has 1 heterocycles. The fraction of sp³-hybridized carbons (Fsp3) is 0.444. The molecule has 3 nitrogen and oxygen atoms in total. The number of aliphatic hydroxyl groups is 1. The van der Waals surface area contributed by atoms with Crippen LogP contribution in [0.5, 0.6) is 0 Å². The second-order valence-electron chi connectivity index (χ2n) is 3.45. The molecule has 1 unspecified atom stereocenters. The molecule has 0 spiro atoms. The molecule has 1 atom stereocenters. The first-order valence-corrected chi connectivity index (χ1v) is 4.04. The lowest BCUT2D eigenvalue weighted by molar-refractivity contribution is 0.207. The summed E-state index contributed by atoms with van der Waals surface area (Å²) in [6.45, 7) is 1.55. The third-order valence-corrected chi connectivity index (χ3v) is 1.72. The van der Waals surface area contributed by atoms with E-state index in [-0.39, 0.29) is 12.4 Å². The molecule has 13 heavy (non-hydrogen) atoms. The zero-order valence-corrected chi connectivity index (χ0v) is 7.50. The van der Waals surface area contributed by atoms with Crippen molar-refractivity contribution in [2.45, 2.75) is 18.9 Å². The number of pyridine rings is 1. The van der Waals surface area contributed by atoms with Crippen LogP contribution in [-0.2, 0) is 6.42 Å². The van der Waals surface area contributed by atoms with Crippen LogP contribution in [-0.4, -0.2) is 22.2 Å². The largest absolute Gasteiger partial charge is 0.394 e. The predicted molar refractivity (Wildman–Crippen MR) is 47.6 cm³/mol. The maximum atomic E-state index is 12.7. The van der Waals surface area contributed by atoms with Crippen molar-refractivity contribution in [1.29, 1.82) is 0 Å². The molecule has 0 fully saturated rings. The van der Waals surface area contributed by atoms with Crippen molar-refractivity contribution in [2.24, 2.45) is 5.73 Å². The Hall–Kier alpha value is -1.00. The summed E-state index contributed by atoms with van der Waals surface area (Å²) in [4.78, 5) is 3.94. The highest BCUT2D eigenvalue weighted by molar-refractivity contribution is 5.09. The first-order chi connectivity index (χ1) is 6.03. The van der Waals surface area contributed by atoms with Crippen molar-refractivity contribution in [3.05, 3.63) is 29.8 Å². The molecule has 0 radical (unpaired) electrons. The summed E-state index contributed by atoms with van der Waals surface area (Å²) < 4.78 is 12.7. The average Bonchev–Trinajstić information content (AvgIpc) is 2.03. The van der Waals surface area contributed by atoms with E-state index in [9.17, 15) is 4.39 Å². The minimum Gasteiger partial charge on any atom is -0.394 e. The maximum Gasteiger partial charge on any atom is 0.126 e. The van der Waals surface area contributed by atoms with Crippen LogP contribution >= 0.6 is 0 Å². The van der Waals surface area contributed by atoms with Gasteiger partial charge in [-0.3, -0.25) is 4.98 Å². The Morgan fingerprint density at radius 3 is 2.92 bits per heavy atom. The van der Waals surface area contributed by atoms with E-state index < -0.39 is 5.54 Å². The SMILES string of the molecule is CC(N)(CO)Cc1cc(F)ccn1. The minimum atomic E-state index is -0.735. The van der Waals surface area contributed by atoms with E-state index in [4.69, 9.17) is 10.8 Å². The van der Waals surface area contributed by atoms with Crippen molar-refractivity contribution in [3.8, 4) is 0 Å². The lowest BCUT2D eigenvalue weighted by Crippen LogP contribution is -2.42. The van der Waals surface area contributed by atoms with Gasteiger partial charge in [0, 0.05) is 23.9 Å². The zero-order valence-electron chi connectivity index (χ0n) is 7.50. The van der Waals surface area contributed by atoms with Crippen LogP contribution in [0.15, 0.2) is 18.3 Å². The molecule has 0 saturated heterocycles. The molecule has 1 aromatic rings. The van der Waals surface area contributed by atoms with E-state index in [2.05, 4.69) is 4.98 Å². The molecule has 0 saturated carbocycles. The van der Waals surface area contributed by atoms with Crippen LogP contribution in [0.3, 0.4) is 0 Å². The van der Waals surface area contributed by atoms with E-state index >= 15 is 0 Å². The van der Waals surface area contributed by atoms with Gasteiger partial charge in [0.25, 0.3) is 0 Å². The van der Waals surface area contributed by atoms with E-state index in [1.165, 1.54) is 18.3 Å². The number of aliphatic hydroxyl groups excluding tert-OH is 1. The molecular formula is C9H13FN2O. The molecule has 0 amide bonds. The lowest BCUT2D eigenvalue weighted by atomic mass is 9.98. The van der Waals surface area contributed by atoms with E-state index in [0.29, 0.717) is 12.1 Å². The summed E-state index contributed by atoms with van der Waals surface area (Å²) in [6.07, 6.45) is 1.75. The van der Waals surface area contributed by atoms with Crippen LogP contribution in [0.25, 0.3) is 0 Å². The molecule has 0 aromatic carbocycles. The summed E-state index contributed by atoms with van der Waals surface area (Å²) >= 11 is 0. The molecule has 0 bridgehead atoms. The standard InChI is InChI=1S/C9H13FN2O/c1-9(11,6-13)5-8-4-7(10)2-3-12-8/h2-4,13H,5-6,11H2,1H3. The Morgan fingerprint density at radius 1 is 1.69 bits per heavy atom. The Morgan fingerprint density at radius 2 is 2.38 bits per heavy atom. The van der Waals surface area contributed by atoms with E-state index in [1.807, 2.05) is 0 Å². The lowest BCUT2D eigenvalue weighted by Gasteiger charge is -2.20. The molecule has 0 aliphatic rings. The second kappa shape index (κ2) is 3.81. The van der Waals surface area contributed by atoms with Crippen LogP contribution in [0.4, 0.5) is 4.39 Å². The van der Waals surface area contributed by atoms with Gasteiger partial charge >= 0.3 is 0 Å². The van der Waals surface area contributed by atoms with Crippen molar-refractivity contribution in [3.63, 3.8) is 0 Å². The Labute approximate surface area is 76.4 Å². The average molecular weight is 184 g/mol. The molecule has 4 heteroatoms. The number of halogens is 1. The molecule has 1 rings (SSSR count). The van der Waals surface area contributed by atoms with Gasteiger partial charge in [-0.25, -0.2) is 4.39 Å². The van der Waals surface area contributed by atoms with E-state index in [1.54, 1.807) is 6.92 Å². The topological polar surface area (TPSA) is 59.1 Å². The first kappa shape index (κ1) is 10.1. The number of hydrogen-bond acceptors (Lipinski definition) is 3. The van der Waals surface area contributed by atoms with Crippen molar-refractivity contribution in [1.82, 2.24) is 4.98 Å². The molecule has 0 aliphatic carbocycles. The van der Waals surface area contributed by atoms with Gasteiger partial charge in [0.15, 0.2) is 0 Å². The van der Waals surface area contributed by atoms with Gasteiger partial charge in [0.05, 0.1) is 6.61 Å². The van der Waals surface area contributed by atoms with Gasteiger partial charge in [-0.2, -0.15) is 0 Å². The van der Waals surface area contributed by atoms with Gasteiger partial charge in [-0.05, 0) is 19.1 Å². The Kier molecular flexibility index (Phi) is 2.95. The third-order valence-electron chi connectivity index (χ3n) is 1.72. The van der Waals surface area contributed by atoms with E-state index in [0.717, 1.165) is 0 Å². The summed E-state index contributed by atoms with van der Waals surface area (Å²) in [5.41, 5.74) is 5.51. The van der Waals surface area contributed by atoms with Gasteiger partial charge in [-0.15, -0.1) is 0 Å². The highest BCUT2D eigenvalue weighted by Gasteiger charge is 2.18. The van der Waals surface area contributed by atoms with Crippen LogP contribution in [0, 0.1) is 5.82 Å². The maximum absolute atomic E-state index is 12.7. The van der Waals surface area contributed by atoms with Gasteiger partial charge in [0.2, 0.25) is 0 Å². The monoisotopic (exact) mass is 184 g/mol. The number of hydrogen-bond donors (Lipinski definition) is 2. The third kappa shape index (κ3) is 3.08. The van der Waals surface area contributed by atoms with Gasteiger partial charge < -0.3 is 10.8 Å². The number of aromatic nitrogens is 1.